The first kappa shape index (κ1) is 33.9. The first-order valence-electron chi connectivity index (χ1n) is 13.9. The Hall–Kier alpha value is -4.61. The smallest absolute Gasteiger partial charge is 0.298 e. The molecule has 11 heteroatoms. The second-order valence-corrected chi connectivity index (χ2v) is 10.7. The van der Waals surface area contributed by atoms with Crippen molar-refractivity contribution in [1.82, 2.24) is 9.80 Å². The molecule has 0 aromatic heterocycles. The third-order valence-corrected chi connectivity index (χ3v) is 6.83. The Morgan fingerprint density at radius 3 is 1.34 bits per heavy atom. The molecule has 232 valence electrons. The second kappa shape index (κ2) is 15.7. The van der Waals surface area contributed by atoms with Gasteiger partial charge in [-0.05, 0) is 55.3 Å². The fraction of sp³-hybridized carbons (Fsp3) is 0.273. The van der Waals surface area contributed by atoms with Gasteiger partial charge in [0, 0.05) is 56.5 Å². The van der Waals surface area contributed by atoms with Crippen LogP contribution in [0, 0.1) is 20.2 Å². The maximum atomic E-state index is 12.5. The Morgan fingerprint density at radius 2 is 0.977 bits per heavy atom. The third kappa shape index (κ3) is 10.9. The summed E-state index contributed by atoms with van der Waals surface area (Å²) in [6.45, 7) is 7.00. The maximum absolute atomic E-state index is 12.5. The number of nitro groups is 2. The van der Waals surface area contributed by atoms with Crippen molar-refractivity contribution in [3.05, 3.63) is 151 Å². The molecule has 0 spiro atoms. The van der Waals surface area contributed by atoms with Crippen LogP contribution in [0.2, 0.25) is 0 Å². The van der Waals surface area contributed by atoms with Gasteiger partial charge >= 0.3 is 6.18 Å². The summed E-state index contributed by atoms with van der Waals surface area (Å²) in [7, 11) is 1.83. The van der Waals surface area contributed by atoms with Gasteiger partial charge in [0.25, 0.3) is 11.4 Å². The average molecular weight is 609 g/mol. The lowest BCUT2D eigenvalue weighted by Gasteiger charge is -2.26. The molecule has 44 heavy (non-hydrogen) atoms. The number of nitrogens with zero attached hydrogens (tertiary/aromatic N) is 4. The summed E-state index contributed by atoms with van der Waals surface area (Å²) in [5, 5.41) is 21.3. The van der Waals surface area contributed by atoms with Gasteiger partial charge in [-0.15, -0.1) is 0 Å². The molecule has 0 unspecified atom stereocenters. The summed E-state index contributed by atoms with van der Waals surface area (Å²) in [4.78, 5) is 24.7. The quantitative estimate of drug-likeness (QED) is 0.126. The number of rotatable bonds is 11. The minimum absolute atomic E-state index is 0.0270. The van der Waals surface area contributed by atoms with Gasteiger partial charge in [0.1, 0.15) is 0 Å². The second-order valence-electron chi connectivity index (χ2n) is 10.7. The van der Waals surface area contributed by atoms with Crippen LogP contribution in [0.4, 0.5) is 24.5 Å². The molecule has 4 aromatic rings. The average Bonchev–Trinajstić information content (AvgIpc) is 2.98. The number of non-ortho nitro benzene ring substituents is 2. The third-order valence-electron chi connectivity index (χ3n) is 6.83. The van der Waals surface area contributed by atoms with E-state index in [1.807, 2.05) is 42.3 Å². The molecule has 0 heterocycles. The molecule has 0 aliphatic rings. The predicted octanol–water partition coefficient (Wildman–Crippen LogP) is 8.25. The number of halogens is 3. The number of benzene rings is 4. The van der Waals surface area contributed by atoms with Crippen molar-refractivity contribution < 1.29 is 23.0 Å². The molecule has 0 atom stereocenters. The predicted molar refractivity (Wildman–Crippen MR) is 164 cm³/mol. The molecular formula is C33H35F3N4O4. The molecule has 0 aliphatic heterocycles. The van der Waals surface area contributed by atoms with Crippen molar-refractivity contribution in [2.75, 3.05) is 7.05 Å². The van der Waals surface area contributed by atoms with Crippen LogP contribution >= 0.6 is 0 Å². The highest BCUT2D eigenvalue weighted by Gasteiger charge is 2.29. The maximum Gasteiger partial charge on any atom is 0.416 e. The van der Waals surface area contributed by atoms with E-state index in [1.165, 1.54) is 29.8 Å². The molecule has 0 amide bonds. The summed E-state index contributed by atoms with van der Waals surface area (Å²) in [6, 6.07) is 28.8. The normalized spacial score (nSPS) is 11.4. The number of alkyl halides is 3. The molecule has 0 radical (unpaired) electrons. The summed E-state index contributed by atoms with van der Waals surface area (Å²) in [6.07, 6.45) is -4.33. The monoisotopic (exact) mass is 608 g/mol. The van der Waals surface area contributed by atoms with E-state index >= 15 is 0 Å². The molecule has 0 saturated heterocycles. The van der Waals surface area contributed by atoms with Crippen LogP contribution in [0.3, 0.4) is 0 Å². The Balaban J connectivity index is 0.000000241. The zero-order valence-corrected chi connectivity index (χ0v) is 24.8. The van der Waals surface area contributed by atoms with E-state index in [-0.39, 0.29) is 16.3 Å². The van der Waals surface area contributed by atoms with E-state index in [9.17, 15) is 33.4 Å². The van der Waals surface area contributed by atoms with E-state index in [2.05, 4.69) is 30.9 Å². The van der Waals surface area contributed by atoms with Crippen molar-refractivity contribution in [3.63, 3.8) is 0 Å². The highest BCUT2D eigenvalue weighted by atomic mass is 19.4. The molecule has 0 aliphatic carbocycles. The van der Waals surface area contributed by atoms with Gasteiger partial charge < -0.3 is 0 Å². The van der Waals surface area contributed by atoms with E-state index < -0.39 is 16.7 Å². The van der Waals surface area contributed by atoms with Crippen LogP contribution in [0.25, 0.3) is 0 Å². The molecule has 0 N–H and O–H groups in total. The van der Waals surface area contributed by atoms with Crippen molar-refractivity contribution in [2.45, 2.75) is 52.2 Å². The van der Waals surface area contributed by atoms with Crippen molar-refractivity contribution in [2.24, 2.45) is 0 Å². The fourth-order valence-electron chi connectivity index (χ4n) is 4.40. The van der Waals surface area contributed by atoms with Gasteiger partial charge in [-0.3, -0.25) is 30.0 Å². The Morgan fingerprint density at radius 1 is 0.614 bits per heavy atom. The van der Waals surface area contributed by atoms with Crippen molar-refractivity contribution in [1.29, 1.82) is 0 Å². The van der Waals surface area contributed by atoms with Crippen LogP contribution in [0.5, 0.6) is 0 Å². The summed E-state index contributed by atoms with van der Waals surface area (Å²) in [5.41, 5.74) is 3.52. The van der Waals surface area contributed by atoms with Crippen molar-refractivity contribution >= 4 is 11.4 Å². The number of hydrogen-bond donors (Lipinski definition) is 0. The topological polar surface area (TPSA) is 92.8 Å². The zero-order valence-electron chi connectivity index (χ0n) is 24.8. The number of nitro benzene ring substituents is 2. The standard InChI is InChI=1S/C17H20N2O2.C16H15F3N2O2/c1-14(2)18(12-15-6-4-3-5-7-15)13-16-8-10-17(11-9-16)19(20)21;1-20(11-13-4-8-15(9-5-13)21(22)23)10-12-2-6-14(7-3-12)16(17,18)19/h3-11,14H,12-13H2,1-2H3;2-9H,10-11H2,1H3. The van der Waals surface area contributed by atoms with Gasteiger partial charge in [-0.25, -0.2) is 0 Å². The van der Waals surface area contributed by atoms with Crippen LogP contribution < -0.4 is 0 Å². The molecule has 4 aromatic carbocycles. The lowest BCUT2D eigenvalue weighted by Crippen LogP contribution is -2.29. The van der Waals surface area contributed by atoms with Crippen LogP contribution in [0.15, 0.2) is 103 Å². The lowest BCUT2D eigenvalue weighted by molar-refractivity contribution is -0.385. The van der Waals surface area contributed by atoms with Gasteiger partial charge in [0.15, 0.2) is 0 Å². The highest BCUT2D eigenvalue weighted by Crippen LogP contribution is 2.29. The first-order valence-corrected chi connectivity index (χ1v) is 13.9. The summed E-state index contributed by atoms with van der Waals surface area (Å²) < 4.78 is 37.5. The molecule has 0 saturated carbocycles. The Bertz CT molecular complexity index is 1480. The highest BCUT2D eigenvalue weighted by molar-refractivity contribution is 5.34. The first-order chi connectivity index (χ1) is 20.8. The molecule has 0 fully saturated rings. The van der Waals surface area contributed by atoms with E-state index in [1.54, 1.807) is 24.3 Å². The SMILES string of the molecule is CC(C)N(Cc1ccccc1)Cc1ccc([N+](=O)[O-])cc1.CN(Cc1ccc([N+](=O)[O-])cc1)Cc1ccc(C(F)(F)F)cc1. The van der Waals surface area contributed by atoms with Gasteiger partial charge in [0.05, 0.1) is 15.4 Å². The summed E-state index contributed by atoms with van der Waals surface area (Å²) in [5.74, 6) is 0. The van der Waals surface area contributed by atoms with E-state index in [0.717, 1.165) is 41.9 Å². The number of hydrogen-bond acceptors (Lipinski definition) is 6. The summed E-state index contributed by atoms with van der Waals surface area (Å²) >= 11 is 0. The van der Waals surface area contributed by atoms with Gasteiger partial charge in [0.2, 0.25) is 0 Å². The van der Waals surface area contributed by atoms with Crippen LogP contribution in [-0.4, -0.2) is 32.7 Å². The van der Waals surface area contributed by atoms with Gasteiger partial charge in [-0.1, -0.05) is 66.7 Å². The van der Waals surface area contributed by atoms with Crippen LogP contribution in [0.1, 0.15) is 41.7 Å². The molecule has 0 bridgehead atoms. The lowest BCUT2D eigenvalue weighted by atomic mass is 10.1. The van der Waals surface area contributed by atoms with E-state index in [4.69, 9.17) is 0 Å². The minimum Gasteiger partial charge on any atom is -0.298 e. The largest absolute Gasteiger partial charge is 0.416 e. The fourth-order valence-corrected chi connectivity index (χ4v) is 4.40. The van der Waals surface area contributed by atoms with Gasteiger partial charge in [-0.2, -0.15) is 13.2 Å². The van der Waals surface area contributed by atoms with E-state index in [0.29, 0.717) is 19.1 Å². The molecule has 8 nitrogen and oxygen atoms in total. The van der Waals surface area contributed by atoms with Crippen LogP contribution in [-0.2, 0) is 32.4 Å². The molecular weight excluding hydrogens is 573 g/mol. The van der Waals surface area contributed by atoms with Crippen molar-refractivity contribution in [3.8, 4) is 0 Å². The Kier molecular flexibility index (Phi) is 12.1. The zero-order chi connectivity index (χ0) is 32.3. The molecule has 4 rings (SSSR count). The Labute approximate surface area is 254 Å². The minimum atomic E-state index is -4.33.